The van der Waals surface area contributed by atoms with E-state index in [4.69, 9.17) is 16.3 Å². The predicted octanol–water partition coefficient (Wildman–Crippen LogP) is 4.84. The molecule has 28 heavy (non-hydrogen) atoms. The van der Waals surface area contributed by atoms with Gasteiger partial charge in [-0.05, 0) is 36.3 Å². The quantitative estimate of drug-likeness (QED) is 0.606. The van der Waals surface area contributed by atoms with E-state index in [0.29, 0.717) is 16.0 Å². The Morgan fingerprint density at radius 3 is 2.50 bits per heavy atom. The third-order valence-corrected chi connectivity index (χ3v) is 5.38. The number of rotatable bonds is 3. The minimum absolute atomic E-state index is 0.0319. The Bertz CT molecular complexity index is 1150. The molecule has 5 nitrogen and oxygen atoms in total. The number of nitrogens with zero attached hydrogens (tertiary/aromatic N) is 1. The SMILES string of the molecule is COC(=O)c1sc2nc(/C(Cl)=C/c3ccc(C(F)(F)F)cc3)[nH]c(=O)c2c1C. The number of alkyl halides is 3. The zero-order valence-electron chi connectivity index (χ0n) is 14.5. The Hall–Kier alpha value is -2.65. The van der Waals surface area contributed by atoms with Crippen molar-refractivity contribution in [3.05, 3.63) is 62.0 Å². The van der Waals surface area contributed by atoms with Crippen LogP contribution in [0.25, 0.3) is 21.3 Å². The topological polar surface area (TPSA) is 72.0 Å². The number of aromatic nitrogens is 2. The number of carbonyl (C=O) groups is 1. The summed E-state index contributed by atoms with van der Waals surface area (Å²) in [7, 11) is 1.24. The molecule has 1 N–H and O–H groups in total. The lowest BCUT2D eigenvalue weighted by molar-refractivity contribution is -0.137. The second kappa shape index (κ2) is 7.40. The molecule has 1 aromatic carbocycles. The Morgan fingerprint density at radius 1 is 1.29 bits per heavy atom. The van der Waals surface area contributed by atoms with Gasteiger partial charge in [-0.2, -0.15) is 13.2 Å². The zero-order chi connectivity index (χ0) is 20.6. The van der Waals surface area contributed by atoms with Crippen LogP contribution < -0.4 is 5.56 Å². The molecule has 0 amide bonds. The van der Waals surface area contributed by atoms with Gasteiger partial charge in [0.25, 0.3) is 5.56 Å². The molecule has 2 heterocycles. The first-order valence-electron chi connectivity index (χ1n) is 7.78. The summed E-state index contributed by atoms with van der Waals surface area (Å²) in [5.41, 5.74) is -0.408. The van der Waals surface area contributed by atoms with Gasteiger partial charge in [0, 0.05) is 0 Å². The third-order valence-electron chi connectivity index (χ3n) is 3.93. The molecule has 0 bridgehead atoms. The lowest BCUT2D eigenvalue weighted by Crippen LogP contribution is -2.10. The Labute approximate surface area is 165 Å². The number of ether oxygens (including phenoxy) is 1. The monoisotopic (exact) mass is 428 g/mol. The van der Waals surface area contributed by atoms with Crippen molar-refractivity contribution in [2.75, 3.05) is 7.11 Å². The molecule has 0 aliphatic carbocycles. The van der Waals surface area contributed by atoms with Crippen LogP contribution in [0.2, 0.25) is 0 Å². The number of esters is 1. The van der Waals surface area contributed by atoms with Crippen LogP contribution in [0.5, 0.6) is 0 Å². The van der Waals surface area contributed by atoms with Gasteiger partial charge in [-0.15, -0.1) is 11.3 Å². The van der Waals surface area contributed by atoms with Crippen molar-refractivity contribution in [1.29, 1.82) is 0 Å². The van der Waals surface area contributed by atoms with Crippen LogP contribution in [0, 0.1) is 6.92 Å². The molecule has 2 aromatic heterocycles. The molecule has 0 aliphatic rings. The fourth-order valence-corrected chi connectivity index (χ4v) is 3.84. The van der Waals surface area contributed by atoms with E-state index in [9.17, 15) is 22.8 Å². The molecule has 0 atom stereocenters. The van der Waals surface area contributed by atoms with Crippen molar-refractivity contribution in [2.24, 2.45) is 0 Å². The highest BCUT2D eigenvalue weighted by Crippen LogP contribution is 2.31. The molecule has 0 radical (unpaired) electrons. The van der Waals surface area contributed by atoms with Crippen LogP contribution in [0.15, 0.2) is 29.1 Å². The van der Waals surface area contributed by atoms with E-state index in [-0.39, 0.29) is 21.1 Å². The summed E-state index contributed by atoms with van der Waals surface area (Å²) in [6.07, 6.45) is -3.05. The van der Waals surface area contributed by atoms with Crippen LogP contribution in [0.4, 0.5) is 13.2 Å². The van der Waals surface area contributed by atoms with Gasteiger partial charge >= 0.3 is 12.1 Å². The number of benzene rings is 1. The zero-order valence-corrected chi connectivity index (χ0v) is 16.1. The summed E-state index contributed by atoms with van der Waals surface area (Å²) in [6, 6.07) is 4.38. The summed E-state index contributed by atoms with van der Waals surface area (Å²) in [5.74, 6) is -0.537. The maximum absolute atomic E-state index is 12.6. The first-order chi connectivity index (χ1) is 13.1. The second-order valence-electron chi connectivity index (χ2n) is 5.75. The number of aromatic amines is 1. The summed E-state index contributed by atoms with van der Waals surface area (Å²) in [6.45, 7) is 1.61. The number of halogens is 4. The average Bonchev–Trinajstić information content (AvgIpc) is 2.97. The minimum atomic E-state index is -4.43. The van der Waals surface area contributed by atoms with Gasteiger partial charge in [0.1, 0.15) is 9.71 Å². The fraction of sp³-hybridized carbons (Fsp3) is 0.167. The van der Waals surface area contributed by atoms with E-state index in [1.54, 1.807) is 6.92 Å². The number of aryl methyl sites for hydroxylation is 1. The molecule has 0 aliphatic heterocycles. The minimum Gasteiger partial charge on any atom is -0.465 e. The molecule has 3 aromatic rings. The maximum Gasteiger partial charge on any atom is 0.416 e. The van der Waals surface area contributed by atoms with Crippen LogP contribution in [0.3, 0.4) is 0 Å². The van der Waals surface area contributed by atoms with Crippen molar-refractivity contribution in [1.82, 2.24) is 9.97 Å². The number of thiophene rings is 1. The van der Waals surface area contributed by atoms with E-state index in [1.165, 1.54) is 25.3 Å². The molecule has 0 saturated heterocycles. The molecule has 0 spiro atoms. The van der Waals surface area contributed by atoms with Crippen LogP contribution in [-0.4, -0.2) is 23.0 Å². The molecule has 3 rings (SSSR count). The van der Waals surface area contributed by atoms with E-state index in [1.807, 2.05) is 0 Å². The van der Waals surface area contributed by atoms with Gasteiger partial charge in [-0.25, -0.2) is 9.78 Å². The van der Waals surface area contributed by atoms with Gasteiger partial charge in [-0.1, -0.05) is 23.7 Å². The first-order valence-corrected chi connectivity index (χ1v) is 8.98. The number of hydrogen-bond acceptors (Lipinski definition) is 5. The van der Waals surface area contributed by atoms with E-state index >= 15 is 0 Å². The number of fused-ring (bicyclic) bond motifs is 1. The van der Waals surface area contributed by atoms with Crippen LogP contribution in [0.1, 0.15) is 32.2 Å². The number of H-pyrrole nitrogens is 1. The lowest BCUT2D eigenvalue weighted by Gasteiger charge is -2.06. The Morgan fingerprint density at radius 2 is 1.93 bits per heavy atom. The van der Waals surface area contributed by atoms with E-state index in [2.05, 4.69) is 9.97 Å². The molecule has 0 unspecified atom stereocenters. The average molecular weight is 429 g/mol. The van der Waals surface area contributed by atoms with Crippen molar-refractivity contribution in [3.63, 3.8) is 0 Å². The lowest BCUT2D eigenvalue weighted by atomic mass is 10.1. The number of hydrogen-bond donors (Lipinski definition) is 1. The van der Waals surface area contributed by atoms with Gasteiger partial charge in [0.05, 0.1) is 23.1 Å². The highest BCUT2D eigenvalue weighted by atomic mass is 35.5. The first kappa shape index (κ1) is 20.1. The van der Waals surface area contributed by atoms with Crippen LogP contribution >= 0.6 is 22.9 Å². The van der Waals surface area contributed by atoms with Crippen molar-refractivity contribution < 1.29 is 22.7 Å². The van der Waals surface area contributed by atoms with Crippen LogP contribution in [-0.2, 0) is 10.9 Å². The van der Waals surface area contributed by atoms with E-state index in [0.717, 1.165) is 23.5 Å². The predicted molar refractivity (Wildman–Crippen MR) is 101 cm³/mol. The van der Waals surface area contributed by atoms with Crippen molar-refractivity contribution in [3.8, 4) is 0 Å². The standard InChI is InChI=1S/C18H12ClF3N2O3S/c1-8-12-15(25)23-14(24-16(12)28-13(8)17(26)27-2)11(19)7-9-3-5-10(6-4-9)18(20,21)22/h3-7H,1-2H3,(H,23,24,25)/b11-7-. The van der Waals surface area contributed by atoms with E-state index < -0.39 is 23.3 Å². The maximum atomic E-state index is 12.6. The molecule has 10 heteroatoms. The second-order valence-corrected chi connectivity index (χ2v) is 7.16. The smallest absolute Gasteiger partial charge is 0.416 e. The highest BCUT2D eigenvalue weighted by molar-refractivity contribution is 7.20. The van der Waals surface area contributed by atoms with Gasteiger partial charge in [0.15, 0.2) is 5.82 Å². The molecule has 146 valence electrons. The summed E-state index contributed by atoms with van der Waals surface area (Å²) in [5, 5.41) is 0.289. The third kappa shape index (κ3) is 3.81. The Kier molecular flexibility index (Phi) is 5.31. The number of carbonyl (C=O) groups excluding carboxylic acids is 1. The normalized spacial score (nSPS) is 12.4. The van der Waals surface area contributed by atoms with Gasteiger partial charge < -0.3 is 9.72 Å². The number of nitrogens with one attached hydrogen (secondary N) is 1. The summed E-state index contributed by atoms with van der Waals surface area (Å²) >= 11 is 7.20. The van der Waals surface area contributed by atoms with Crippen molar-refractivity contribution >= 4 is 50.2 Å². The van der Waals surface area contributed by atoms with Gasteiger partial charge in [0.2, 0.25) is 0 Å². The highest BCUT2D eigenvalue weighted by Gasteiger charge is 2.29. The molecule has 0 saturated carbocycles. The fourth-order valence-electron chi connectivity index (χ4n) is 2.53. The number of methoxy groups -OCH3 is 1. The molecule has 0 fully saturated rings. The van der Waals surface area contributed by atoms with Gasteiger partial charge in [-0.3, -0.25) is 4.79 Å². The largest absolute Gasteiger partial charge is 0.465 e. The summed E-state index contributed by atoms with van der Waals surface area (Å²) < 4.78 is 42.6. The molecular weight excluding hydrogens is 417 g/mol. The Balaban J connectivity index is 2.02. The molecular formula is C18H12ClF3N2O3S. The summed E-state index contributed by atoms with van der Waals surface area (Å²) in [4.78, 5) is 31.6. The van der Waals surface area contributed by atoms with Crippen molar-refractivity contribution in [2.45, 2.75) is 13.1 Å².